The van der Waals surface area contributed by atoms with Crippen LogP contribution in [0.5, 0.6) is 0 Å². The maximum Gasteiger partial charge on any atom is 0.317 e. The summed E-state index contributed by atoms with van der Waals surface area (Å²) in [6.07, 6.45) is 6.46. The summed E-state index contributed by atoms with van der Waals surface area (Å²) >= 11 is 7.12. The molecular weight excluding hydrogens is 656 g/mol. The second kappa shape index (κ2) is 13.4. The number of aryl methyl sites for hydroxylation is 1. The second-order valence-corrected chi connectivity index (χ2v) is 13.6. The van der Waals surface area contributed by atoms with Gasteiger partial charge in [-0.1, -0.05) is 35.9 Å². The van der Waals surface area contributed by atoms with E-state index < -0.39 is 5.97 Å². The number of nitrogens with zero attached hydrogens (tertiary/aromatic N) is 6. The molecule has 0 aliphatic carbocycles. The van der Waals surface area contributed by atoms with E-state index in [9.17, 15) is 14.7 Å². The number of carboxylic acids is 1. The summed E-state index contributed by atoms with van der Waals surface area (Å²) in [6.45, 7) is 3.33. The number of aliphatic hydroxyl groups is 1. The van der Waals surface area contributed by atoms with Crippen molar-refractivity contribution in [1.29, 1.82) is 0 Å². The van der Waals surface area contributed by atoms with Crippen molar-refractivity contribution < 1.29 is 19.8 Å². The molecule has 0 radical (unpaired) electrons. The lowest BCUT2D eigenvalue weighted by Crippen LogP contribution is -2.31. The monoisotopic (exact) mass is 692 g/mol. The highest BCUT2D eigenvalue weighted by molar-refractivity contribution is 6.36. The van der Waals surface area contributed by atoms with Gasteiger partial charge >= 0.3 is 5.97 Å². The minimum Gasteiger partial charge on any atom is -0.480 e. The number of hydrogen-bond acceptors (Lipinski definition) is 9. The fourth-order valence-corrected chi connectivity index (χ4v) is 7.78. The summed E-state index contributed by atoms with van der Waals surface area (Å²) in [5, 5.41) is 31.7. The van der Waals surface area contributed by atoms with Gasteiger partial charge in [-0.05, 0) is 72.7 Å². The highest BCUT2D eigenvalue weighted by Gasteiger charge is 2.32. The van der Waals surface area contributed by atoms with Crippen LogP contribution < -0.4 is 15.5 Å². The summed E-state index contributed by atoms with van der Waals surface area (Å²) in [7, 11) is 0. The molecule has 13 heteroatoms. The van der Waals surface area contributed by atoms with Crippen molar-refractivity contribution in [2.24, 2.45) is 0 Å². The van der Waals surface area contributed by atoms with Crippen LogP contribution in [0.25, 0.3) is 22.0 Å². The molecule has 3 aliphatic rings. The number of aliphatic hydroxyl groups excluding tert-OH is 1. The number of carbonyl (C=O) groups excluding carboxylic acids is 1. The first kappa shape index (κ1) is 32.3. The number of carboxylic acid groups (broad SMARTS) is 1. The Labute approximate surface area is 293 Å². The Morgan fingerprint density at radius 1 is 1.00 bits per heavy atom. The van der Waals surface area contributed by atoms with Crippen molar-refractivity contribution in [3.05, 3.63) is 94.5 Å². The van der Waals surface area contributed by atoms with E-state index >= 15 is 0 Å². The smallest absolute Gasteiger partial charge is 0.317 e. The standard InChI is InChI=1S/C37H37ClN8O4/c38-34-27(5-1-6-29(34)42-36-35-23(9-12-39-36)16-22(18-41-35)20-44-14-10-24(47)21-44)25-4-2-8-31-26(25)11-15-45(31)37(50)30-17-32-28(40-19-33(48)49)7-3-13-46(32)43-30/h1-2,4-6,8-9,12,16-18,24,28,40,47H,3,7,10-11,13-15,19-21H2,(H,39,42)(H,48,49)/t24-,28?/m1/s1. The summed E-state index contributed by atoms with van der Waals surface area (Å²) in [5.74, 6) is -0.504. The quantitative estimate of drug-likeness (QED) is 0.163. The number of carbonyl (C=O) groups is 2. The molecule has 2 aromatic carbocycles. The third-order valence-electron chi connectivity index (χ3n) is 9.87. The molecule has 12 nitrogen and oxygen atoms in total. The normalized spacial score (nSPS) is 18.7. The Morgan fingerprint density at radius 3 is 2.70 bits per heavy atom. The fourth-order valence-electron chi connectivity index (χ4n) is 7.50. The zero-order chi connectivity index (χ0) is 34.4. The van der Waals surface area contributed by atoms with Gasteiger partial charge in [-0.15, -0.1) is 0 Å². The number of amides is 1. The Bertz CT molecular complexity index is 2120. The zero-order valence-corrected chi connectivity index (χ0v) is 28.1. The van der Waals surface area contributed by atoms with E-state index in [1.807, 2.05) is 53.3 Å². The highest BCUT2D eigenvalue weighted by atomic mass is 35.5. The molecule has 8 rings (SSSR count). The molecule has 4 N–H and O–H groups in total. The van der Waals surface area contributed by atoms with Crippen molar-refractivity contribution in [1.82, 2.24) is 30.0 Å². The van der Waals surface area contributed by atoms with Gasteiger partial charge in [0.05, 0.1) is 29.1 Å². The number of fused-ring (bicyclic) bond motifs is 3. The number of β-amino-alcohol motifs (C(OH)–C–C–N with tert-alkyl or cyclic N) is 1. The van der Waals surface area contributed by atoms with E-state index in [-0.39, 0.29) is 24.6 Å². The minimum absolute atomic E-state index is 0.150. The Kier molecular flexibility index (Phi) is 8.69. The van der Waals surface area contributed by atoms with E-state index in [4.69, 9.17) is 21.7 Å². The van der Waals surface area contributed by atoms with E-state index in [0.717, 1.165) is 76.9 Å². The van der Waals surface area contributed by atoms with E-state index in [1.54, 1.807) is 17.2 Å². The molecule has 0 saturated carbocycles. The van der Waals surface area contributed by atoms with E-state index in [2.05, 4.69) is 31.7 Å². The van der Waals surface area contributed by atoms with Crippen LogP contribution in [0.15, 0.2) is 67.0 Å². The van der Waals surface area contributed by atoms with Crippen molar-refractivity contribution >= 4 is 51.6 Å². The fraction of sp³-hybridized carbons (Fsp3) is 0.324. The first-order valence-corrected chi connectivity index (χ1v) is 17.4. The number of aliphatic carboxylic acids is 1. The number of halogens is 1. The van der Waals surface area contributed by atoms with Gasteiger partial charge in [0.25, 0.3) is 5.91 Å². The molecule has 1 fully saturated rings. The third kappa shape index (κ3) is 6.20. The van der Waals surface area contributed by atoms with Crippen LogP contribution in [0, 0.1) is 0 Å². The van der Waals surface area contributed by atoms with Crippen molar-refractivity contribution in [3.8, 4) is 11.1 Å². The molecule has 3 aliphatic heterocycles. The van der Waals surface area contributed by atoms with Crippen LogP contribution in [-0.2, 0) is 24.3 Å². The molecule has 50 heavy (non-hydrogen) atoms. The van der Waals surface area contributed by atoms with Gasteiger partial charge in [0, 0.05) is 67.8 Å². The number of aromatic nitrogens is 4. The SMILES string of the molecule is O=C(O)CNC1CCCn2nc(C(=O)N3CCc4c(-c5cccc(Nc6nccc7cc(CN8CC[C@@H](O)C8)cnc67)c5Cl)cccc43)cc21. The van der Waals surface area contributed by atoms with Gasteiger partial charge in [-0.2, -0.15) is 5.10 Å². The Balaban J connectivity index is 1.04. The Hall–Kier alpha value is -4.88. The number of anilines is 3. The lowest BCUT2D eigenvalue weighted by Gasteiger charge is -2.23. The predicted molar refractivity (Wildman–Crippen MR) is 191 cm³/mol. The van der Waals surface area contributed by atoms with Crippen LogP contribution in [0.2, 0.25) is 5.02 Å². The average Bonchev–Trinajstić information content (AvgIpc) is 3.86. The lowest BCUT2D eigenvalue weighted by molar-refractivity contribution is -0.136. The second-order valence-electron chi connectivity index (χ2n) is 13.2. The van der Waals surface area contributed by atoms with Crippen LogP contribution in [0.3, 0.4) is 0 Å². The molecule has 1 unspecified atom stereocenters. The van der Waals surface area contributed by atoms with Crippen molar-refractivity contribution in [2.75, 3.05) is 36.4 Å². The summed E-state index contributed by atoms with van der Waals surface area (Å²) < 4.78 is 1.82. The summed E-state index contributed by atoms with van der Waals surface area (Å²) in [4.78, 5) is 38.4. The van der Waals surface area contributed by atoms with E-state index in [1.165, 1.54) is 0 Å². The van der Waals surface area contributed by atoms with Gasteiger partial charge in [-0.25, -0.2) is 4.98 Å². The first-order chi connectivity index (χ1) is 24.3. The molecule has 5 aromatic rings. The molecule has 0 spiro atoms. The van der Waals surface area contributed by atoms with E-state index in [0.29, 0.717) is 48.3 Å². The molecule has 1 saturated heterocycles. The number of hydrogen-bond donors (Lipinski definition) is 4. The highest BCUT2D eigenvalue weighted by Crippen LogP contribution is 2.42. The molecular formula is C37H37ClN8O4. The van der Waals surface area contributed by atoms with Gasteiger partial charge in [-0.3, -0.25) is 29.5 Å². The summed E-state index contributed by atoms with van der Waals surface area (Å²) in [5.41, 5.74) is 7.36. The number of rotatable bonds is 9. The van der Waals surface area contributed by atoms with Crippen molar-refractivity contribution in [2.45, 2.75) is 50.9 Å². The molecule has 3 aromatic heterocycles. The van der Waals surface area contributed by atoms with Gasteiger partial charge in [0.1, 0.15) is 5.52 Å². The number of nitrogens with one attached hydrogen (secondary N) is 2. The van der Waals surface area contributed by atoms with Gasteiger partial charge in [0.2, 0.25) is 0 Å². The molecule has 256 valence electrons. The Morgan fingerprint density at radius 2 is 1.86 bits per heavy atom. The van der Waals surface area contributed by atoms with Crippen LogP contribution in [-0.4, -0.2) is 79.0 Å². The lowest BCUT2D eigenvalue weighted by atomic mass is 9.97. The topological polar surface area (TPSA) is 149 Å². The van der Waals surface area contributed by atoms with Crippen LogP contribution in [0.1, 0.15) is 52.6 Å². The third-order valence-corrected chi connectivity index (χ3v) is 10.3. The molecule has 6 heterocycles. The number of likely N-dealkylation sites (tertiary alicyclic amines) is 1. The van der Waals surface area contributed by atoms with Crippen molar-refractivity contribution in [3.63, 3.8) is 0 Å². The summed E-state index contributed by atoms with van der Waals surface area (Å²) in [6, 6.07) is 17.5. The predicted octanol–water partition coefficient (Wildman–Crippen LogP) is 5.17. The van der Waals surface area contributed by atoms with Crippen LogP contribution in [0.4, 0.5) is 17.2 Å². The van der Waals surface area contributed by atoms with Gasteiger partial charge in [0.15, 0.2) is 11.5 Å². The maximum absolute atomic E-state index is 13.9. The zero-order valence-electron chi connectivity index (χ0n) is 27.3. The number of benzene rings is 2. The van der Waals surface area contributed by atoms with Crippen LogP contribution >= 0.6 is 11.6 Å². The first-order valence-electron chi connectivity index (χ1n) is 17.0. The van der Waals surface area contributed by atoms with Gasteiger partial charge < -0.3 is 20.4 Å². The molecule has 0 bridgehead atoms. The molecule has 2 atom stereocenters. The number of pyridine rings is 2. The average molecular weight is 693 g/mol. The molecule has 1 amide bonds. The maximum atomic E-state index is 13.9. The largest absolute Gasteiger partial charge is 0.480 e. The minimum atomic E-state index is -0.920.